The Kier molecular flexibility index (Phi) is 49.6. The highest BCUT2D eigenvalue weighted by atomic mass is 31.2. The normalized spacial score (nSPS) is 14.4. The summed E-state index contributed by atoms with van der Waals surface area (Å²) in [5, 5.41) is 3.00. The minimum absolute atomic E-state index is 0.0334. The van der Waals surface area contributed by atoms with Gasteiger partial charge in [-0.3, -0.25) is 14.2 Å². The molecule has 72 heavy (non-hydrogen) atoms. The maximum absolute atomic E-state index is 13.5. The van der Waals surface area contributed by atoms with E-state index in [1.54, 1.807) is 0 Å². The number of unbranched alkanes of at least 4 members (excludes halogenated alkanes) is 24. The minimum Gasteiger partial charge on any atom is -0.756 e. The summed E-state index contributed by atoms with van der Waals surface area (Å²) in [4.78, 5) is 39.8. The molecule has 0 aromatic carbocycles. The number of carbonyl (C=O) groups excluding carboxylic acids is 2. The number of nitrogens with zero attached hydrogens (tertiary/aromatic N) is 1. The number of phosphoric acid groups is 1. The van der Waals surface area contributed by atoms with Crippen molar-refractivity contribution >= 4 is 19.7 Å². The summed E-state index contributed by atoms with van der Waals surface area (Å²) in [6, 6.07) is -0.912. The predicted molar refractivity (Wildman–Crippen MR) is 307 cm³/mol. The highest BCUT2D eigenvalue weighted by Gasteiger charge is 2.27. The van der Waals surface area contributed by atoms with Gasteiger partial charge >= 0.3 is 5.97 Å². The van der Waals surface area contributed by atoms with Crippen LogP contribution < -0.4 is 10.2 Å². The lowest BCUT2D eigenvalue weighted by molar-refractivity contribution is -0.870. The third-order valence-corrected chi connectivity index (χ3v) is 13.6. The molecule has 0 radical (unpaired) electrons. The zero-order valence-corrected chi connectivity index (χ0v) is 48.3. The molecule has 1 amide bonds. The lowest BCUT2D eigenvalue weighted by Gasteiger charge is -2.30. The van der Waals surface area contributed by atoms with Gasteiger partial charge in [0.1, 0.15) is 19.3 Å². The quantitative estimate of drug-likeness (QED) is 0.0212. The molecule has 0 rings (SSSR count). The van der Waals surface area contributed by atoms with E-state index in [0.717, 1.165) is 89.9 Å². The van der Waals surface area contributed by atoms with Gasteiger partial charge in [-0.25, -0.2) is 0 Å². The molecule has 0 saturated carbocycles. The Morgan fingerprint density at radius 3 is 1.35 bits per heavy atom. The molecule has 416 valence electrons. The fourth-order valence-corrected chi connectivity index (χ4v) is 8.78. The Morgan fingerprint density at radius 1 is 0.500 bits per heavy atom. The van der Waals surface area contributed by atoms with E-state index < -0.39 is 26.6 Å². The van der Waals surface area contributed by atoms with Crippen LogP contribution in [0.4, 0.5) is 0 Å². The molecule has 0 fully saturated rings. The van der Waals surface area contributed by atoms with Crippen LogP contribution in [0.25, 0.3) is 0 Å². The summed E-state index contributed by atoms with van der Waals surface area (Å²) in [5.74, 6) is -0.592. The van der Waals surface area contributed by atoms with Crippen molar-refractivity contribution in [3.63, 3.8) is 0 Å². The first-order chi connectivity index (χ1) is 34.9. The van der Waals surface area contributed by atoms with Crippen molar-refractivity contribution in [3.8, 4) is 0 Å². The largest absolute Gasteiger partial charge is 0.756 e. The second-order valence-electron chi connectivity index (χ2n) is 20.8. The molecule has 0 aromatic rings. The van der Waals surface area contributed by atoms with Gasteiger partial charge in [-0.05, 0) is 83.1 Å². The van der Waals surface area contributed by atoms with E-state index in [1.165, 1.54) is 116 Å². The van der Waals surface area contributed by atoms with Crippen molar-refractivity contribution < 1.29 is 37.3 Å². The third kappa shape index (κ3) is 52.1. The Hall–Kier alpha value is -2.81. The number of allylic oxidation sites excluding steroid dienone is 13. The Morgan fingerprint density at radius 2 is 0.889 bits per heavy atom. The lowest BCUT2D eigenvalue weighted by Crippen LogP contribution is -2.47. The maximum atomic E-state index is 13.5. The summed E-state index contributed by atoms with van der Waals surface area (Å²) < 4.78 is 30.2. The van der Waals surface area contributed by atoms with Crippen molar-refractivity contribution in [2.24, 2.45) is 0 Å². The average Bonchev–Trinajstić information content (AvgIpc) is 3.34. The first-order valence-corrected chi connectivity index (χ1v) is 30.9. The summed E-state index contributed by atoms with van der Waals surface area (Å²) in [6.07, 6.45) is 66.9. The predicted octanol–water partition coefficient (Wildman–Crippen LogP) is 17.2. The maximum Gasteiger partial charge on any atom is 0.306 e. The summed E-state index contributed by atoms with van der Waals surface area (Å²) in [7, 11) is 1.15. The third-order valence-electron chi connectivity index (χ3n) is 12.6. The molecule has 0 saturated heterocycles. The molecular weight excluding hydrogens is 916 g/mol. The SMILES string of the molecule is CC/C=C\C/C=C\C/C=C\C/C=C\C/C=C\C/C=C\CCCCC(=O)NC(COP(=O)([O-])OCC[N+](C)(C)C)C(/C=C\CCCCCCCCCCC)OC(=O)CCCCCCCCCCCCCCCC. The van der Waals surface area contributed by atoms with E-state index in [1.807, 2.05) is 33.3 Å². The van der Waals surface area contributed by atoms with E-state index in [-0.39, 0.29) is 31.3 Å². The monoisotopic (exact) mass is 1030 g/mol. The topological polar surface area (TPSA) is 114 Å². The van der Waals surface area contributed by atoms with Crippen LogP contribution >= 0.6 is 7.82 Å². The number of likely N-dealkylation sites (N-methyl/N-ethyl adjacent to an activating group) is 1. The second-order valence-corrected chi connectivity index (χ2v) is 22.2. The Labute approximate surface area is 444 Å². The van der Waals surface area contributed by atoms with Gasteiger partial charge in [-0.1, -0.05) is 235 Å². The van der Waals surface area contributed by atoms with Crippen LogP contribution in [0, 0.1) is 0 Å². The standard InChI is InChI=1S/C62H111N2O7P/c1-7-10-13-16-19-22-25-27-29-30-31-32-33-34-35-36-39-42-45-48-51-54-61(65)63-59(58-70-72(67,68)69-57-56-64(4,5)6)60(53-50-47-44-41-38-24-21-18-15-12-9-3)71-62(66)55-52-49-46-43-40-37-28-26-23-20-17-14-11-8-2/h10,13,19,22,27,29,31-32,34-35,39,42,50,53,59-60H,7-9,11-12,14-18,20-21,23-26,28,30,33,36-38,40-41,43-49,51-52,54-58H2,1-6H3,(H-,63,65,67,68)/b13-10-,22-19-,29-27-,32-31-,35-34-,42-39-,53-50-. The Bertz CT molecular complexity index is 1510. The molecule has 3 atom stereocenters. The summed E-state index contributed by atoms with van der Waals surface area (Å²) >= 11 is 0. The molecule has 0 aliphatic rings. The van der Waals surface area contributed by atoms with Crippen molar-refractivity contribution in [3.05, 3.63) is 85.1 Å². The number of hydrogen-bond donors (Lipinski definition) is 1. The number of esters is 1. The van der Waals surface area contributed by atoms with Gasteiger partial charge in [0.15, 0.2) is 0 Å². The van der Waals surface area contributed by atoms with Crippen LogP contribution in [0.5, 0.6) is 0 Å². The lowest BCUT2D eigenvalue weighted by atomic mass is 10.0. The highest BCUT2D eigenvalue weighted by Crippen LogP contribution is 2.38. The summed E-state index contributed by atoms with van der Waals surface area (Å²) in [6.45, 7) is 6.68. The number of nitrogens with one attached hydrogen (secondary N) is 1. The van der Waals surface area contributed by atoms with Crippen LogP contribution in [0.15, 0.2) is 85.1 Å². The van der Waals surface area contributed by atoms with Gasteiger partial charge in [0.2, 0.25) is 5.91 Å². The van der Waals surface area contributed by atoms with Crippen LogP contribution in [0.1, 0.15) is 245 Å². The smallest absolute Gasteiger partial charge is 0.306 e. The molecule has 0 aliphatic heterocycles. The zero-order chi connectivity index (χ0) is 52.9. The molecule has 0 bridgehead atoms. The average molecular weight is 1030 g/mol. The number of hydrogen-bond acceptors (Lipinski definition) is 7. The van der Waals surface area contributed by atoms with Crippen LogP contribution in [-0.4, -0.2) is 69.4 Å². The Balaban J connectivity index is 5.35. The molecule has 9 nitrogen and oxygen atoms in total. The molecular formula is C62H111N2O7P. The van der Waals surface area contributed by atoms with Gasteiger partial charge in [0.05, 0.1) is 33.8 Å². The molecule has 1 N–H and O–H groups in total. The van der Waals surface area contributed by atoms with Crippen molar-refractivity contribution in [2.45, 2.75) is 258 Å². The second kappa shape index (κ2) is 51.7. The van der Waals surface area contributed by atoms with E-state index in [2.05, 4.69) is 99.0 Å². The minimum atomic E-state index is -4.71. The van der Waals surface area contributed by atoms with E-state index >= 15 is 0 Å². The summed E-state index contributed by atoms with van der Waals surface area (Å²) in [5.41, 5.74) is 0. The van der Waals surface area contributed by atoms with Crippen molar-refractivity contribution in [1.29, 1.82) is 0 Å². The zero-order valence-electron chi connectivity index (χ0n) is 47.4. The van der Waals surface area contributed by atoms with Gasteiger partial charge in [0, 0.05) is 12.8 Å². The number of carbonyl (C=O) groups is 2. The van der Waals surface area contributed by atoms with Crippen LogP contribution in [0.2, 0.25) is 0 Å². The molecule has 3 unspecified atom stereocenters. The molecule has 0 heterocycles. The van der Waals surface area contributed by atoms with Crippen molar-refractivity contribution in [1.82, 2.24) is 5.32 Å². The first kappa shape index (κ1) is 69.2. The molecule has 10 heteroatoms. The molecule has 0 spiro atoms. The van der Waals surface area contributed by atoms with Gasteiger partial charge in [-0.15, -0.1) is 0 Å². The fraction of sp³-hybridized carbons (Fsp3) is 0.742. The highest BCUT2D eigenvalue weighted by molar-refractivity contribution is 7.45. The van der Waals surface area contributed by atoms with E-state index in [9.17, 15) is 19.0 Å². The first-order valence-electron chi connectivity index (χ1n) is 29.4. The number of ether oxygens (including phenoxy) is 1. The van der Waals surface area contributed by atoms with E-state index in [4.69, 9.17) is 13.8 Å². The van der Waals surface area contributed by atoms with Gasteiger partial charge in [-0.2, -0.15) is 0 Å². The van der Waals surface area contributed by atoms with Crippen LogP contribution in [-0.2, 0) is 27.9 Å². The number of rotatable bonds is 52. The van der Waals surface area contributed by atoms with Gasteiger partial charge in [0.25, 0.3) is 7.82 Å². The number of phosphoric ester groups is 1. The fourth-order valence-electron chi connectivity index (χ4n) is 8.05. The van der Waals surface area contributed by atoms with Crippen molar-refractivity contribution in [2.75, 3.05) is 40.9 Å². The number of quaternary nitrogens is 1. The van der Waals surface area contributed by atoms with Gasteiger partial charge < -0.3 is 28.5 Å². The van der Waals surface area contributed by atoms with Crippen LogP contribution in [0.3, 0.4) is 0 Å². The number of amides is 1. The molecule has 0 aliphatic carbocycles. The molecule has 0 aromatic heterocycles. The van der Waals surface area contributed by atoms with E-state index in [0.29, 0.717) is 17.4 Å².